The Hall–Kier alpha value is -3.85. The van der Waals surface area contributed by atoms with Crippen molar-refractivity contribution in [2.75, 3.05) is 18.0 Å². The van der Waals surface area contributed by atoms with Gasteiger partial charge in [-0.05, 0) is 81.6 Å². The number of hydrogen-bond donors (Lipinski definition) is 1. The van der Waals surface area contributed by atoms with Crippen molar-refractivity contribution in [1.82, 2.24) is 10.2 Å². The Balaban J connectivity index is 2.07. The van der Waals surface area contributed by atoms with E-state index in [4.69, 9.17) is 4.74 Å². The van der Waals surface area contributed by atoms with Crippen LogP contribution >= 0.6 is 0 Å². The fourth-order valence-electron chi connectivity index (χ4n) is 4.19. The number of nitrogens with zero attached hydrogens (tertiary/aromatic N) is 2. The van der Waals surface area contributed by atoms with Gasteiger partial charge in [0, 0.05) is 12.6 Å². The second-order valence-corrected chi connectivity index (χ2v) is 11.6. The topological polar surface area (TPSA) is 96.0 Å². The molecule has 0 aliphatic carbocycles. The molecule has 1 N–H and O–H groups in total. The zero-order valence-corrected chi connectivity index (χ0v) is 24.2. The SMILES string of the molecule is COc1cccc(CN(C(=O)CN(c2cccc(C)c2C)S(=O)(=O)c2ccccc2)[C@H](C)C(=O)NC(C)C)c1. The van der Waals surface area contributed by atoms with Crippen LogP contribution in [0.15, 0.2) is 77.7 Å². The van der Waals surface area contributed by atoms with Crippen LogP contribution in [0, 0.1) is 13.8 Å². The predicted molar refractivity (Wildman–Crippen MR) is 153 cm³/mol. The molecule has 0 bridgehead atoms. The maximum atomic E-state index is 14.0. The van der Waals surface area contributed by atoms with Crippen LogP contribution < -0.4 is 14.4 Å². The van der Waals surface area contributed by atoms with Crippen LogP contribution in [0.1, 0.15) is 37.5 Å². The molecule has 39 heavy (non-hydrogen) atoms. The van der Waals surface area contributed by atoms with Crippen molar-refractivity contribution in [2.24, 2.45) is 0 Å². The molecule has 3 aromatic carbocycles. The number of rotatable bonds is 11. The van der Waals surface area contributed by atoms with E-state index in [-0.39, 0.29) is 23.4 Å². The molecule has 0 spiro atoms. The van der Waals surface area contributed by atoms with Gasteiger partial charge in [-0.3, -0.25) is 13.9 Å². The lowest BCUT2D eigenvalue weighted by Gasteiger charge is -2.33. The zero-order chi connectivity index (χ0) is 28.7. The highest BCUT2D eigenvalue weighted by Crippen LogP contribution is 2.29. The summed E-state index contributed by atoms with van der Waals surface area (Å²) in [7, 11) is -2.55. The van der Waals surface area contributed by atoms with Crippen LogP contribution in [-0.4, -0.2) is 50.9 Å². The summed E-state index contributed by atoms with van der Waals surface area (Å²) >= 11 is 0. The van der Waals surface area contributed by atoms with E-state index < -0.39 is 28.5 Å². The lowest BCUT2D eigenvalue weighted by atomic mass is 10.1. The second kappa shape index (κ2) is 12.8. The number of anilines is 1. The average Bonchev–Trinajstić information content (AvgIpc) is 2.91. The molecule has 3 rings (SSSR count). The highest BCUT2D eigenvalue weighted by Gasteiger charge is 2.33. The fraction of sp³-hybridized carbons (Fsp3) is 0.333. The van der Waals surface area contributed by atoms with E-state index in [2.05, 4.69) is 5.32 Å². The van der Waals surface area contributed by atoms with Crippen molar-refractivity contribution in [3.8, 4) is 5.75 Å². The highest BCUT2D eigenvalue weighted by molar-refractivity contribution is 7.92. The molecule has 0 saturated heterocycles. The van der Waals surface area contributed by atoms with Crippen molar-refractivity contribution in [1.29, 1.82) is 0 Å². The summed E-state index contributed by atoms with van der Waals surface area (Å²) in [4.78, 5) is 28.5. The van der Waals surface area contributed by atoms with Gasteiger partial charge in [0.05, 0.1) is 17.7 Å². The molecule has 0 saturated carbocycles. The van der Waals surface area contributed by atoms with Crippen molar-refractivity contribution >= 4 is 27.5 Å². The first kappa shape index (κ1) is 29.7. The second-order valence-electron chi connectivity index (χ2n) is 9.76. The minimum Gasteiger partial charge on any atom is -0.497 e. The number of ether oxygens (including phenoxy) is 1. The Labute approximate surface area is 231 Å². The molecule has 3 aromatic rings. The summed E-state index contributed by atoms with van der Waals surface area (Å²) in [5, 5.41) is 2.85. The number of methoxy groups -OCH3 is 1. The normalized spacial score (nSPS) is 12.1. The molecule has 2 amide bonds. The molecule has 208 valence electrons. The number of benzene rings is 3. The molecule has 0 heterocycles. The van der Waals surface area contributed by atoms with Crippen LogP contribution in [0.4, 0.5) is 5.69 Å². The van der Waals surface area contributed by atoms with Crippen molar-refractivity contribution in [2.45, 2.75) is 58.1 Å². The van der Waals surface area contributed by atoms with Crippen LogP contribution in [0.2, 0.25) is 0 Å². The van der Waals surface area contributed by atoms with Gasteiger partial charge in [0.1, 0.15) is 18.3 Å². The number of carbonyl (C=O) groups excluding carboxylic acids is 2. The predicted octanol–water partition coefficient (Wildman–Crippen LogP) is 4.45. The number of hydrogen-bond acceptors (Lipinski definition) is 5. The van der Waals surface area contributed by atoms with Crippen LogP contribution in [0.5, 0.6) is 5.75 Å². The molecule has 0 fully saturated rings. The summed E-state index contributed by atoms with van der Waals surface area (Å²) in [6.45, 7) is 8.65. The Morgan fingerprint density at radius 3 is 2.23 bits per heavy atom. The van der Waals surface area contributed by atoms with Gasteiger partial charge < -0.3 is 15.0 Å². The first-order valence-corrected chi connectivity index (χ1v) is 14.3. The van der Waals surface area contributed by atoms with Gasteiger partial charge in [0.2, 0.25) is 11.8 Å². The van der Waals surface area contributed by atoms with Crippen LogP contribution in [0.25, 0.3) is 0 Å². The number of sulfonamides is 1. The smallest absolute Gasteiger partial charge is 0.264 e. The molecular weight excluding hydrogens is 514 g/mol. The van der Waals surface area contributed by atoms with E-state index in [9.17, 15) is 18.0 Å². The van der Waals surface area contributed by atoms with Gasteiger partial charge in [0.15, 0.2) is 0 Å². The Morgan fingerprint density at radius 1 is 0.923 bits per heavy atom. The largest absolute Gasteiger partial charge is 0.497 e. The maximum absolute atomic E-state index is 14.0. The number of aryl methyl sites for hydroxylation is 1. The van der Waals surface area contributed by atoms with Crippen molar-refractivity contribution in [3.63, 3.8) is 0 Å². The molecule has 8 nitrogen and oxygen atoms in total. The molecule has 1 atom stereocenters. The minimum absolute atomic E-state index is 0.0728. The van der Waals surface area contributed by atoms with E-state index in [0.717, 1.165) is 21.0 Å². The maximum Gasteiger partial charge on any atom is 0.264 e. The lowest BCUT2D eigenvalue weighted by molar-refractivity contribution is -0.139. The monoisotopic (exact) mass is 551 g/mol. The van der Waals surface area contributed by atoms with E-state index in [1.54, 1.807) is 62.6 Å². The third-order valence-electron chi connectivity index (χ3n) is 6.54. The molecule has 0 unspecified atom stereocenters. The van der Waals surface area contributed by atoms with E-state index >= 15 is 0 Å². The van der Waals surface area contributed by atoms with Crippen molar-refractivity contribution < 1.29 is 22.7 Å². The number of amides is 2. The van der Waals surface area contributed by atoms with Crippen molar-refractivity contribution in [3.05, 3.63) is 89.5 Å². The minimum atomic E-state index is -4.11. The summed E-state index contributed by atoms with van der Waals surface area (Å²) in [6.07, 6.45) is 0. The average molecular weight is 552 g/mol. The van der Waals surface area contributed by atoms with Gasteiger partial charge in [-0.25, -0.2) is 8.42 Å². The Kier molecular flexibility index (Phi) is 9.75. The van der Waals surface area contributed by atoms with Crippen LogP contribution in [0.3, 0.4) is 0 Å². The first-order chi connectivity index (χ1) is 18.4. The van der Waals surface area contributed by atoms with Gasteiger partial charge >= 0.3 is 0 Å². The third kappa shape index (κ3) is 7.17. The summed E-state index contributed by atoms with van der Waals surface area (Å²) in [5.41, 5.74) is 2.80. The standard InChI is InChI=1S/C30H37N3O5S/c1-21(2)31-30(35)24(5)32(19-25-13-11-14-26(18-25)38-6)29(34)20-33(28-17-10-12-22(3)23(28)4)39(36,37)27-15-8-7-9-16-27/h7-18,21,24H,19-20H2,1-6H3,(H,31,35)/t24-/m1/s1. The highest BCUT2D eigenvalue weighted by atomic mass is 32.2. The number of nitrogens with one attached hydrogen (secondary N) is 1. The first-order valence-electron chi connectivity index (χ1n) is 12.8. The molecular formula is C30H37N3O5S. The molecule has 0 radical (unpaired) electrons. The number of carbonyl (C=O) groups is 2. The molecule has 0 aliphatic rings. The molecule has 0 aromatic heterocycles. The molecule has 0 aliphatic heterocycles. The fourth-order valence-corrected chi connectivity index (χ4v) is 5.69. The lowest BCUT2D eigenvalue weighted by Crippen LogP contribution is -2.52. The molecule has 9 heteroatoms. The Morgan fingerprint density at radius 2 is 1.59 bits per heavy atom. The summed E-state index contributed by atoms with van der Waals surface area (Å²) in [5.74, 6) is -0.224. The van der Waals surface area contributed by atoms with Gasteiger partial charge in [-0.1, -0.05) is 42.5 Å². The van der Waals surface area contributed by atoms with Gasteiger partial charge in [-0.2, -0.15) is 0 Å². The third-order valence-corrected chi connectivity index (χ3v) is 8.31. The van der Waals surface area contributed by atoms with Gasteiger partial charge in [0.25, 0.3) is 10.0 Å². The van der Waals surface area contributed by atoms with Gasteiger partial charge in [-0.15, -0.1) is 0 Å². The Bertz CT molecular complexity index is 1410. The van der Waals surface area contributed by atoms with Crippen LogP contribution in [-0.2, 0) is 26.2 Å². The zero-order valence-electron chi connectivity index (χ0n) is 23.3. The summed E-state index contributed by atoms with van der Waals surface area (Å²) < 4.78 is 34.3. The van der Waals surface area contributed by atoms with E-state index in [1.807, 2.05) is 39.8 Å². The van der Waals surface area contributed by atoms with E-state index in [1.165, 1.54) is 17.0 Å². The van der Waals surface area contributed by atoms with E-state index in [0.29, 0.717) is 11.4 Å². The summed E-state index contributed by atoms with van der Waals surface area (Å²) in [6, 6.07) is 19.6. The quantitative estimate of drug-likeness (QED) is 0.380.